The summed E-state index contributed by atoms with van der Waals surface area (Å²) in [5, 5.41) is 3.40. The molecule has 1 aromatic carbocycles. The predicted octanol–water partition coefficient (Wildman–Crippen LogP) is 3.03. The number of nitrogens with one attached hydrogen (secondary N) is 1. The van der Waals surface area contributed by atoms with E-state index in [-0.39, 0.29) is 11.6 Å². The van der Waals surface area contributed by atoms with Gasteiger partial charge in [0.2, 0.25) is 0 Å². The zero-order chi connectivity index (χ0) is 14.3. The van der Waals surface area contributed by atoms with Crippen molar-refractivity contribution in [3.05, 3.63) is 29.8 Å². The first-order valence-electron chi connectivity index (χ1n) is 7.04. The molecule has 0 radical (unpaired) electrons. The van der Waals surface area contributed by atoms with Crippen LogP contribution >= 0.6 is 0 Å². The maximum Gasteiger partial charge on any atom is 0.122 e. The normalized spacial score (nSPS) is 15.8. The van der Waals surface area contributed by atoms with Crippen molar-refractivity contribution in [2.24, 2.45) is 0 Å². The summed E-state index contributed by atoms with van der Waals surface area (Å²) in [5.41, 5.74) is 1.05. The van der Waals surface area contributed by atoms with Crippen LogP contribution < -0.4 is 10.1 Å². The number of ether oxygens (including phenoxy) is 2. The van der Waals surface area contributed by atoms with Gasteiger partial charge < -0.3 is 14.8 Å². The highest BCUT2D eigenvalue weighted by atomic mass is 16.5. The summed E-state index contributed by atoms with van der Waals surface area (Å²) < 4.78 is 11.4. The molecule has 0 aliphatic carbocycles. The number of hydrogen-bond acceptors (Lipinski definition) is 3. The second kappa shape index (κ2) is 7.51. The maximum atomic E-state index is 5.97. The molecule has 19 heavy (non-hydrogen) atoms. The van der Waals surface area contributed by atoms with Gasteiger partial charge in [-0.05, 0) is 45.4 Å². The van der Waals surface area contributed by atoms with Gasteiger partial charge in [-0.3, -0.25) is 0 Å². The number of para-hydroxylation sites is 1. The molecular weight excluding hydrogens is 238 g/mol. The van der Waals surface area contributed by atoms with Gasteiger partial charge in [-0.1, -0.05) is 25.1 Å². The molecule has 0 saturated carbocycles. The molecule has 0 heterocycles. The minimum absolute atomic E-state index is 0.162. The monoisotopic (exact) mass is 265 g/mol. The lowest BCUT2D eigenvalue weighted by molar-refractivity contribution is -0.0534. The van der Waals surface area contributed by atoms with Gasteiger partial charge in [0, 0.05) is 12.6 Å². The molecule has 0 spiro atoms. The van der Waals surface area contributed by atoms with Crippen molar-refractivity contribution < 1.29 is 9.47 Å². The molecule has 0 aromatic heterocycles. The lowest BCUT2D eigenvalue weighted by atomic mass is 9.88. The van der Waals surface area contributed by atoms with Gasteiger partial charge in [0.05, 0.1) is 12.7 Å². The minimum atomic E-state index is -0.162. The zero-order valence-electron chi connectivity index (χ0n) is 12.8. The average molecular weight is 265 g/mol. The van der Waals surface area contributed by atoms with E-state index < -0.39 is 0 Å². The van der Waals surface area contributed by atoms with Crippen LogP contribution in [0.3, 0.4) is 0 Å². The molecule has 3 nitrogen and oxygen atoms in total. The Labute approximate surface area is 117 Å². The first kappa shape index (κ1) is 16.0. The largest absolute Gasteiger partial charge is 0.496 e. The van der Waals surface area contributed by atoms with Crippen molar-refractivity contribution in [2.75, 3.05) is 20.8 Å². The number of benzene rings is 1. The lowest BCUT2D eigenvalue weighted by Crippen LogP contribution is -2.50. The first-order chi connectivity index (χ1) is 9.11. The van der Waals surface area contributed by atoms with Crippen LogP contribution in [-0.2, 0) is 11.2 Å². The zero-order valence-corrected chi connectivity index (χ0v) is 12.8. The molecule has 0 fully saturated rings. The molecule has 0 saturated heterocycles. The van der Waals surface area contributed by atoms with Crippen molar-refractivity contribution in [1.82, 2.24) is 5.32 Å². The van der Waals surface area contributed by atoms with E-state index in [0.29, 0.717) is 0 Å². The average Bonchev–Trinajstić information content (AvgIpc) is 2.45. The van der Waals surface area contributed by atoms with Gasteiger partial charge in [-0.2, -0.15) is 0 Å². The van der Waals surface area contributed by atoms with E-state index in [0.717, 1.165) is 25.2 Å². The van der Waals surface area contributed by atoms with Crippen molar-refractivity contribution in [2.45, 2.75) is 45.3 Å². The van der Waals surface area contributed by atoms with Crippen molar-refractivity contribution >= 4 is 0 Å². The molecule has 0 bridgehead atoms. The van der Waals surface area contributed by atoms with Crippen molar-refractivity contribution in [3.8, 4) is 5.75 Å². The fourth-order valence-electron chi connectivity index (χ4n) is 2.49. The topological polar surface area (TPSA) is 30.5 Å². The van der Waals surface area contributed by atoms with Crippen LogP contribution in [0.2, 0.25) is 0 Å². The van der Waals surface area contributed by atoms with E-state index in [1.165, 1.54) is 5.56 Å². The third-order valence-corrected chi connectivity index (χ3v) is 3.88. The third kappa shape index (κ3) is 3.95. The second-order valence-corrected chi connectivity index (χ2v) is 4.96. The maximum absolute atomic E-state index is 5.97. The molecule has 3 heteroatoms. The summed E-state index contributed by atoms with van der Waals surface area (Å²) in [5.74, 6) is 0.942. The Bertz CT molecular complexity index is 381. The predicted molar refractivity (Wildman–Crippen MR) is 79.9 cm³/mol. The molecule has 108 valence electrons. The first-order valence-corrected chi connectivity index (χ1v) is 7.04. The Morgan fingerprint density at radius 1 is 1.26 bits per heavy atom. The Kier molecular flexibility index (Phi) is 6.32. The quantitative estimate of drug-likeness (QED) is 0.783. The number of rotatable bonds is 8. The standard InChI is InChI=1S/C16H27NO2/c1-6-16(3,19-7-2)15(17-4)12-13-10-8-9-11-14(13)18-5/h8-11,15,17H,6-7,12H2,1-5H3. The van der Waals surface area contributed by atoms with E-state index in [4.69, 9.17) is 9.47 Å². The molecule has 1 N–H and O–H groups in total. The highest BCUT2D eigenvalue weighted by Gasteiger charge is 2.32. The Morgan fingerprint density at radius 3 is 2.47 bits per heavy atom. The van der Waals surface area contributed by atoms with Gasteiger partial charge >= 0.3 is 0 Å². The van der Waals surface area contributed by atoms with Gasteiger partial charge in [0.1, 0.15) is 5.75 Å². The molecule has 1 rings (SSSR count). The molecule has 0 aliphatic heterocycles. The smallest absolute Gasteiger partial charge is 0.122 e. The van der Waals surface area contributed by atoms with E-state index in [1.807, 2.05) is 26.1 Å². The molecule has 1 aromatic rings. The molecule has 0 aliphatic rings. The van der Waals surface area contributed by atoms with Crippen molar-refractivity contribution in [3.63, 3.8) is 0 Å². The van der Waals surface area contributed by atoms with Crippen LogP contribution in [0, 0.1) is 0 Å². The minimum Gasteiger partial charge on any atom is -0.496 e. The van der Waals surface area contributed by atoms with Crippen LogP contribution in [0.15, 0.2) is 24.3 Å². The number of methoxy groups -OCH3 is 1. The summed E-state index contributed by atoms with van der Waals surface area (Å²) in [4.78, 5) is 0. The molecule has 2 unspecified atom stereocenters. The van der Waals surface area contributed by atoms with E-state index in [1.54, 1.807) is 7.11 Å². The summed E-state index contributed by atoms with van der Waals surface area (Å²) in [6, 6.07) is 8.43. The summed E-state index contributed by atoms with van der Waals surface area (Å²) in [6.07, 6.45) is 1.87. The van der Waals surface area contributed by atoms with Crippen LogP contribution in [0.4, 0.5) is 0 Å². The van der Waals surface area contributed by atoms with Crippen LogP contribution in [-0.4, -0.2) is 32.4 Å². The number of hydrogen-bond donors (Lipinski definition) is 1. The molecule has 2 atom stereocenters. The SMILES string of the molecule is CCOC(C)(CC)C(Cc1ccccc1OC)NC. The molecule has 0 amide bonds. The fourth-order valence-corrected chi connectivity index (χ4v) is 2.49. The fraction of sp³-hybridized carbons (Fsp3) is 0.625. The summed E-state index contributed by atoms with van der Waals surface area (Å²) in [6.45, 7) is 7.12. The van der Waals surface area contributed by atoms with E-state index >= 15 is 0 Å². The van der Waals surface area contributed by atoms with Crippen LogP contribution in [0.5, 0.6) is 5.75 Å². The van der Waals surface area contributed by atoms with Gasteiger partial charge in [0.15, 0.2) is 0 Å². The van der Waals surface area contributed by atoms with E-state index in [9.17, 15) is 0 Å². The third-order valence-electron chi connectivity index (χ3n) is 3.88. The summed E-state index contributed by atoms with van der Waals surface area (Å²) in [7, 11) is 3.71. The van der Waals surface area contributed by atoms with Gasteiger partial charge in [-0.25, -0.2) is 0 Å². The highest BCUT2D eigenvalue weighted by Crippen LogP contribution is 2.26. The van der Waals surface area contributed by atoms with Crippen LogP contribution in [0.1, 0.15) is 32.8 Å². The highest BCUT2D eigenvalue weighted by molar-refractivity contribution is 5.34. The van der Waals surface area contributed by atoms with E-state index in [2.05, 4.69) is 31.3 Å². The summed E-state index contributed by atoms with van der Waals surface area (Å²) >= 11 is 0. The number of likely N-dealkylation sites (N-methyl/N-ethyl adjacent to an activating group) is 1. The Hall–Kier alpha value is -1.06. The lowest BCUT2D eigenvalue weighted by Gasteiger charge is -2.37. The van der Waals surface area contributed by atoms with Gasteiger partial charge in [0.25, 0.3) is 0 Å². The molecular formula is C16H27NO2. The van der Waals surface area contributed by atoms with Crippen LogP contribution in [0.25, 0.3) is 0 Å². The van der Waals surface area contributed by atoms with Crippen molar-refractivity contribution in [1.29, 1.82) is 0 Å². The second-order valence-electron chi connectivity index (χ2n) is 4.96. The Balaban J connectivity index is 2.92. The Morgan fingerprint density at radius 2 is 1.95 bits per heavy atom. The van der Waals surface area contributed by atoms with Gasteiger partial charge in [-0.15, -0.1) is 0 Å².